The second-order valence-electron chi connectivity index (χ2n) is 4.62. The van der Waals surface area contributed by atoms with Crippen LogP contribution in [-0.4, -0.2) is 43.5 Å². The first-order chi connectivity index (χ1) is 8.20. The van der Waals surface area contributed by atoms with Crippen LogP contribution in [0, 0.1) is 6.92 Å². The number of methoxy groups -OCH3 is 1. The number of rotatable bonds is 4. The van der Waals surface area contributed by atoms with E-state index in [0.717, 1.165) is 30.6 Å². The van der Waals surface area contributed by atoms with Gasteiger partial charge in [0.05, 0.1) is 12.6 Å². The van der Waals surface area contributed by atoms with E-state index in [2.05, 4.69) is 4.90 Å². The number of ketones is 1. The van der Waals surface area contributed by atoms with Crippen molar-refractivity contribution in [1.29, 1.82) is 0 Å². The Balaban J connectivity index is 1.96. The van der Waals surface area contributed by atoms with Crippen LogP contribution >= 0.6 is 0 Å². The Kier molecular flexibility index (Phi) is 3.92. The Morgan fingerprint density at radius 1 is 1.47 bits per heavy atom. The minimum absolute atomic E-state index is 0.208. The molecule has 1 fully saturated rings. The molecule has 3 nitrogen and oxygen atoms in total. The molecule has 1 heterocycles. The van der Waals surface area contributed by atoms with Crippen molar-refractivity contribution in [3.8, 4) is 0 Å². The fourth-order valence-corrected chi connectivity index (χ4v) is 2.31. The first-order valence-corrected chi connectivity index (χ1v) is 6.04. The number of nitrogens with zero attached hydrogens (tertiary/aromatic N) is 1. The Hall–Kier alpha value is -1.19. The summed E-state index contributed by atoms with van der Waals surface area (Å²) in [6.45, 7) is 4.31. The highest BCUT2D eigenvalue weighted by Gasteiger charge is 2.24. The molecule has 0 aliphatic carbocycles. The third kappa shape index (κ3) is 2.93. The summed E-state index contributed by atoms with van der Waals surface area (Å²) in [4.78, 5) is 14.3. The van der Waals surface area contributed by atoms with Crippen molar-refractivity contribution < 1.29 is 9.53 Å². The van der Waals surface area contributed by atoms with Gasteiger partial charge in [-0.15, -0.1) is 0 Å². The molecule has 1 atom stereocenters. The lowest BCUT2D eigenvalue weighted by molar-refractivity contribution is 0.0898. The van der Waals surface area contributed by atoms with E-state index in [1.807, 2.05) is 31.2 Å². The highest BCUT2D eigenvalue weighted by molar-refractivity contribution is 5.98. The van der Waals surface area contributed by atoms with Gasteiger partial charge in [-0.1, -0.05) is 24.3 Å². The van der Waals surface area contributed by atoms with Crippen LogP contribution in [-0.2, 0) is 4.74 Å². The number of benzene rings is 1. The summed E-state index contributed by atoms with van der Waals surface area (Å²) in [5.74, 6) is 0.208. The fourth-order valence-electron chi connectivity index (χ4n) is 2.31. The predicted molar refractivity (Wildman–Crippen MR) is 67.4 cm³/mol. The number of carbonyl (C=O) groups is 1. The highest BCUT2D eigenvalue weighted by Crippen LogP contribution is 2.14. The fraction of sp³-hybridized carbons (Fsp3) is 0.500. The lowest BCUT2D eigenvalue weighted by Crippen LogP contribution is -2.29. The maximum absolute atomic E-state index is 12.1. The van der Waals surface area contributed by atoms with Crippen LogP contribution in [0.5, 0.6) is 0 Å². The molecule has 0 bridgehead atoms. The van der Waals surface area contributed by atoms with E-state index >= 15 is 0 Å². The standard InChI is InChI=1S/C14H19NO2/c1-11-5-3-4-6-13(11)14(16)10-15-8-7-12(9-15)17-2/h3-6,12H,7-10H2,1-2H3. The summed E-state index contributed by atoms with van der Waals surface area (Å²) in [5.41, 5.74) is 1.90. The molecule has 0 saturated carbocycles. The van der Waals surface area contributed by atoms with E-state index in [0.29, 0.717) is 12.6 Å². The first kappa shape index (κ1) is 12.3. The quantitative estimate of drug-likeness (QED) is 0.744. The topological polar surface area (TPSA) is 29.5 Å². The van der Waals surface area contributed by atoms with E-state index in [-0.39, 0.29) is 5.78 Å². The summed E-state index contributed by atoms with van der Waals surface area (Å²) < 4.78 is 5.30. The summed E-state index contributed by atoms with van der Waals surface area (Å²) >= 11 is 0. The SMILES string of the molecule is COC1CCN(CC(=O)c2ccccc2C)C1. The summed E-state index contributed by atoms with van der Waals surface area (Å²) in [6.07, 6.45) is 1.32. The minimum Gasteiger partial charge on any atom is -0.380 e. The average molecular weight is 233 g/mol. The van der Waals surface area contributed by atoms with Gasteiger partial charge in [0.15, 0.2) is 5.78 Å². The highest BCUT2D eigenvalue weighted by atomic mass is 16.5. The molecule has 3 heteroatoms. The molecule has 1 aromatic rings. The van der Waals surface area contributed by atoms with Gasteiger partial charge < -0.3 is 4.74 Å². The van der Waals surface area contributed by atoms with Gasteiger partial charge in [-0.05, 0) is 18.9 Å². The number of ether oxygens (including phenoxy) is 1. The number of Topliss-reactive ketones (excluding diaryl/α,β-unsaturated/α-hetero) is 1. The van der Waals surface area contributed by atoms with Gasteiger partial charge in [-0.25, -0.2) is 0 Å². The molecule has 92 valence electrons. The van der Waals surface area contributed by atoms with Gasteiger partial charge in [-0.3, -0.25) is 9.69 Å². The van der Waals surface area contributed by atoms with E-state index in [1.165, 1.54) is 0 Å². The Bertz CT molecular complexity index is 403. The van der Waals surface area contributed by atoms with Crippen molar-refractivity contribution in [2.45, 2.75) is 19.4 Å². The normalized spacial score (nSPS) is 20.7. The first-order valence-electron chi connectivity index (χ1n) is 6.04. The zero-order valence-corrected chi connectivity index (χ0v) is 10.5. The molecule has 0 N–H and O–H groups in total. The van der Waals surface area contributed by atoms with Crippen molar-refractivity contribution >= 4 is 5.78 Å². The maximum Gasteiger partial charge on any atom is 0.177 e. The zero-order valence-electron chi connectivity index (χ0n) is 10.5. The molecular formula is C14H19NO2. The van der Waals surface area contributed by atoms with Crippen molar-refractivity contribution in [2.75, 3.05) is 26.7 Å². The Morgan fingerprint density at radius 2 is 2.24 bits per heavy atom. The van der Waals surface area contributed by atoms with Crippen LogP contribution in [0.4, 0.5) is 0 Å². The molecule has 1 unspecified atom stereocenters. The molecule has 1 saturated heterocycles. The molecule has 0 spiro atoms. The average Bonchev–Trinajstić information content (AvgIpc) is 2.77. The number of aryl methyl sites for hydroxylation is 1. The number of hydrogen-bond acceptors (Lipinski definition) is 3. The van der Waals surface area contributed by atoms with E-state index in [9.17, 15) is 4.79 Å². The van der Waals surface area contributed by atoms with E-state index in [4.69, 9.17) is 4.74 Å². The molecule has 0 aromatic heterocycles. The van der Waals surface area contributed by atoms with E-state index < -0.39 is 0 Å². The third-order valence-corrected chi connectivity index (χ3v) is 3.38. The van der Waals surface area contributed by atoms with E-state index in [1.54, 1.807) is 7.11 Å². The van der Waals surface area contributed by atoms with Gasteiger partial charge in [0.25, 0.3) is 0 Å². The Labute approximate surface area is 102 Å². The van der Waals surface area contributed by atoms with Gasteiger partial charge in [0, 0.05) is 25.8 Å². The van der Waals surface area contributed by atoms with Gasteiger partial charge in [0.2, 0.25) is 0 Å². The maximum atomic E-state index is 12.1. The summed E-state index contributed by atoms with van der Waals surface area (Å²) in [6, 6.07) is 7.77. The molecule has 0 radical (unpaired) electrons. The monoisotopic (exact) mass is 233 g/mol. The molecule has 17 heavy (non-hydrogen) atoms. The van der Waals surface area contributed by atoms with Crippen LogP contribution in [0.25, 0.3) is 0 Å². The number of hydrogen-bond donors (Lipinski definition) is 0. The molecule has 2 rings (SSSR count). The lowest BCUT2D eigenvalue weighted by atomic mass is 10.0. The predicted octanol–water partition coefficient (Wildman–Crippen LogP) is 1.90. The summed E-state index contributed by atoms with van der Waals surface area (Å²) in [7, 11) is 1.73. The second kappa shape index (κ2) is 5.43. The Morgan fingerprint density at radius 3 is 2.88 bits per heavy atom. The minimum atomic E-state index is 0.208. The van der Waals surface area contributed by atoms with Gasteiger partial charge in [0.1, 0.15) is 0 Å². The van der Waals surface area contributed by atoms with Crippen molar-refractivity contribution in [3.63, 3.8) is 0 Å². The molecule has 1 aromatic carbocycles. The third-order valence-electron chi connectivity index (χ3n) is 3.38. The van der Waals surface area contributed by atoms with Crippen LogP contribution < -0.4 is 0 Å². The molecule has 0 amide bonds. The van der Waals surface area contributed by atoms with Crippen molar-refractivity contribution in [3.05, 3.63) is 35.4 Å². The lowest BCUT2D eigenvalue weighted by Gasteiger charge is -2.15. The summed E-state index contributed by atoms with van der Waals surface area (Å²) in [5, 5.41) is 0. The molecular weight excluding hydrogens is 214 g/mol. The van der Waals surface area contributed by atoms with Gasteiger partial charge in [-0.2, -0.15) is 0 Å². The van der Waals surface area contributed by atoms with Gasteiger partial charge >= 0.3 is 0 Å². The van der Waals surface area contributed by atoms with Crippen molar-refractivity contribution in [2.24, 2.45) is 0 Å². The van der Waals surface area contributed by atoms with Crippen LogP contribution in [0.3, 0.4) is 0 Å². The largest absolute Gasteiger partial charge is 0.380 e. The molecule has 1 aliphatic heterocycles. The number of likely N-dealkylation sites (tertiary alicyclic amines) is 1. The number of carbonyl (C=O) groups excluding carboxylic acids is 1. The van der Waals surface area contributed by atoms with Crippen LogP contribution in [0.15, 0.2) is 24.3 Å². The zero-order chi connectivity index (χ0) is 12.3. The second-order valence-corrected chi connectivity index (χ2v) is 4.62. The smallest absolute Gasteiger partial charge is 0.177 e. The van der Waals surface area contributed by atoms with Crippen LogP contribution in [0.2, 0.25) is 0 Å². The molecule has 1 aliphatic rings. The van der Waals surface area contributed by atoms with Crippen LogP contribution in [0.1, 0.15) is 22.3 Å². The van der Waals surface area contributed by atoms with Crippen molar-refractivity contribution in [1.82, 2.24) is 4.90 Å².